The van der Waals surface area contributed by atoms with E-state index >= 15 is 0 Å². The largest absolute Gasteiger partial charge is 0.352 e. The van der Waals surface area contributed by atoms with Crippen molar-refractivity contribution in [3.63, 3.8) is 0 Å². The molecule has 0 aromatic carbocycles. The van der Waals surface area contributed by atoms with E-state index in [-0.39, 0.29) is 11.9 Å². The van der Waals surface area contributed by atoms with Crippen molar-refractivity contribution in [2.24, 2.45) is 0 Å². The Morgan fingerprint density at radius 2 is 2.38 bits per heavy atom. The van der Waals surface area contributed by atoms with Crippen LogP contribution in [0.2, 0.25) is 0 Å². The second kappa shape index (κ2) is 4.61. The van der Waals surface area contributed by atoms with Gasteiger partial charge < -0.3 is 9.84 Å². The van der Waals surface area contributed by atoms with Gasteiger partial charge in [-0.3, -0.25) is 10.1 Å². The fourth-order valence-corrected chi connectivity index (χ4v) is 1.30. The lowest BCUT2D eigenvalue weighted by molar-refractivity contribution is -0.122. The predicted octanol–water partition coefficient (Wildman–Crippen LogP) is 0.135. The number of aromatic nitrogens is 2. The van der Waals surface area contributed by atoms with Gasteiger partial charge in [-0.15, -0.1) is 0 Å². The fourth-order valence-electron chi connectivity index (χ4n) is 1.30. The fraction of sp³-hybridized carbons (Fsp3) is 0.700. The second-order valence-electron chi connectivity index (χ2n) is 4.12. The van der Waals surface area contributed by atoms with E-state index in [9.17, 15) is 4.79 Å². The Morgan fingerprint density at radius 1 is 1.62 bits per heavy atom. The summed E-state index contributed by atoms with van der Waals surface area (Å²) in [4.78, 5) is 15.6. The third kappa shape index (κ3) is 3.03. The molecule has 0 saturated heterocycles. The average molecular weight is 224 g/mol. The molecule has 1 heterocycles. The zero-order valence-corrected chi connectivity index (χ0v) is 9.49. The molecule has 1 aromatic rings. The van der Waals surface area contributed by atoms with Crippen molar-refractivity contribution >= 4 is 5.91 Å². The maximum atomic E-state index is 11.6. The molecule has 0 spiro atoms. The van der Waals surface area contributed by atoms with Gasteiger partial charge in [-0.05, 0) is 26.7 Å². The van der Waals surface area contributed by atoms with Crippen LogP contribution in [0.15, 0.2) is 4.52 Å². The van der Waals surface area contributed by atoms with Gasteiger partial charge in [0.05, 0.1) is 12.6 Å². The van der Waals surface area contributed by atoms with Gasteiger partial charge in [0.1, 0.15) is 0 Å². The molecule has 6 heteroatoms. The van der Waals surface area contributed by atoms with E-state index in [4.69, 9.17) is 4.52 Å². The first-order valence-corrected chi connectivity index (χ1v) is 5.48. The molecule has 1 atom stereocenters. The summed E-state index contributed by atoms with van der Waals surface area (Å²) in [6.07, 6.45) is 2.20. The van der Waals surface area contributed by atoms with Crippen LogP contribution in [0.4, 0.5) is 0 Å². The van der Waals surface area contributed by atoms with Crippen LogP contribution in [-0.2, 0) is 11.3 Å². The van der Waals surface area contributed by atoms with E-state index < -0.39 is 0 Å². The third-order valence-corrected chi connectivity index (χ3v) is 2.45. The smallest absolute Gasteiger partial charge is 0.240 e. The third-order valence-electron chi connectivity index (χ3n) is 2.45. The molecule has 1 saturated carbocycles. The average Bonchev–Trinajstić information content (AvgIpc) is 2.96. The standard InChI is InChI=1S/C10H16N4O2/c1-6(10(15)13-8-3-4-8)11-5-9-12-7(2)14-16-9/h6,8,11H,3-5H2,1-2H3,(H,13,15). The summed E-state index contributed by atoms with van der Waals surface area (Å²) < 4.78 is 4.93. The molecule has 1 aliphatic carbocycles. The molecule has 1 amide bonds. The first-order chi connectivity index (χ1) is 7.65. The topological polar surface area (TPSA) is 80.0 Å². The van der Waals surface area contributed by atoms with Crippen LogP contribution in [0.5, 0.6) is 0 Å². The first kappa shape index (κ1) is 11.1. The molecule has 2 rings (SSSR count). The summed E-state index contributed by atoms with van der Waals surface area (Å²) in [5.41, 5.74) is 0. The van der Waals surface area contributed by atoms with Gasteiger partial charge in [-0.1, -0.05) is 5.16 Å². The normalized spacial score (nSPS) is 17.1. The van der Waals surface area contributed by atoms with Crippen LogP contribution in [0.1, 0.15) is 31.5 Å². The number of hydrogen-bond acceptors (Lipinski definition) is 5. The Morgan fingerprint density at radius 3 is 2.94 bits per heavy atom. The zero-order valence-electron chi connectivity index (χ0n) is 9.49. The molecule has 2 N–H and O–H groups in total. The molecule has 1 aliphatic rings. The molecular formula is C10H16N4O2. The number of nitrogens with zero attached hydrogens (tertiary/aromatic N) is 2. The summed E-state index contributed by atoms with van der Waals surface area (Å²) >= 11 is 0. The first-order valence-electron chi connectivity index (χ1n) is 5.48. The molecule has 1 unspecified atom stereocenters. The van der Waals surface area contributed by atoms with Crippen LogP contribution in [0.3, 0.4) is 0 Å². The minimum atomic E-state index is -0.243. The van der Waals surface area contributed by atoms with Gasteiger partial charge >= 0.3 is 0 Å². The monoisotopic (exact) mass is 224 g/mol. The summed E-state index contributed by atoms with van der Waals surface area (Å²) in [7, 11) is 0. The van der Waals surface area contributed by atoms with Gasteiger partial charge in [-0.2, -0.15) is 4.98 Å². The Balaban J connectivity index is 1.73. The summed E-state index contributed by atoms with van der Waals surface area (Å²) in [5.74, 6) is 1.13. The minimum Gasteiger partial charge on any atom is -0.352 e. The van der Waals surface area contributed by atoms with Crippen LogP contribution in [-0.4, -0.2) is 28.1 Å². The SMILES string of the molecule is Cc1noc(CNC(C)C(=O)NC2CC2)n1. The lowest BCUT2D eigenvalue weighted by Gasteiger charge is -2.11. The van der Waals surface area contributed by atoms with Crippen molar-refractivity contribution in [3.05, 3.63) is 11.7 Å². The van der Waals surface area contributed by atoms with E-state index in [1.54, 1.807) is 6.92 Å². The van der Waals surface area contributed by atoms with Gasteiger partial charge in [-0.25, -0.2) is 0 Å². The molecule has 16 heavy (non-hydrogen) atoms. The molecule has 0 aliphatic heterocycles. The second-order valence-corrected chi connectivity index (χ2v) is 4.12. The molecule has 6 nitrogen and oxygen atoms in total. The maximum absolute atomic E-state index is 11.6. The molecule has 0 radical (unpaired) electrons. The number of rotatable bonds is 5. The minimum absolute atomic E-state index is 0.0266. The van der Waals surface area contributed by atoms with Gasteiger partial charge in [0.2, 0.25) is 11.8 Å². The van der Waals surface area contributed by atoms with Crippen molar-refractivity contribution in [2.45, 2.75) is 45.3 Å². The van der Waals surface area contributed by atoms with Crippen molar-refractivity contribution in [1.29, 1.82) is 0 Å². The summed E-state index contributed by atoms with van der Waals surface area (Å²) in [6, 6.07) is 0.148. The number of carbonyl (C=O) groups is 1. The highest BCUT2D eigenvalue weighted by Crippen LogP contribution is 2.18. The highest BCUT2D eigenvalue weighted by molar-refractivity contribution is 5.81. The van der Waals surface area contributed by atoms with Crippen LogP contribution in [0.25, 0.3) is 0 Å². The van der Waals surface area contributed by atoms with E-state index in [0.29, 0.717) is 24.3 Å². The molecule has 1 fully saturated rings. The number of aryl methyl sites for hydroxylation is 1. The highest BCUT2D eigenvalue weighted by Gasteiger charge is 2.25. The van der Waals surface area contributed by atoms with Crippen LogP contribution in [0, 0.1) is 6.92 Å². The van der Waals surface area contributed by atoms with Crippen molar-refractivity contribution in [2.75, 3.05) is 0 Å². The summed E-state index contributed by atoms with van der Waals surface area (Å²) in [6.45, 7) is 4.00. The Bertz CT molecular complexity index is 373. The van der Waals surface area contributed by atoms with Gasteiger partial charge in [0, 0.05) is 6.04 Å². The molecule has 1 aromatic heterocycles. The van der Waals surface area contributed by atoms with Crippen molar-refractivity contribution in [3.8, 4) is 0 Å². The van der Waals surface area contributed by atoms with E-state index in [2.05, 4.69) is 20.8 Å². The van der Waals surface area contributed by atoms with Crippen molar-refractivity contribution in [1.82, 2.24) is 20.8 Å². The van der Waals surface area contributed by atoms with Crippen LogP contribution >= 0.6 is 0 Å². The quantitative estimate of drug-likeness (QED) is 0.743. The van der Waals surface area contributed by atoms with Crippen molar-refractivity contribution < 1.29 is 9.32 Å². The van der Waals surface area contributed by atoms with Gasteiger partial charge in [0.15, 0.2) is 5.82 Å². The molecule has 88 valence electrons. The zero-order chi connectivity index (χ0) is 11.5. The number of carbonyl (C=O) groups excluding carboxylic acids is 1. The van der Waals surface area contributed by atoms with E-state index in [1.807, 2.05) is 6.92 Å². The lowest BCUT2D eigenvalue weighted by Crippen LogP contribution is -2.42. The number of amides is 1. The van der Waals surface area contributed by atoms with E-state index in [1.165, 1.54) is 0 Å². The maximum Gasteiger partial charge on any atom is 0.240 e. The molecule has 0 bridgehead atoms. The predicted molar refractivity (Wildman–Crippen MR) is 56.5 cm³/mol. The number of hydrogen-bond donors (Lipinski definition) is 2. The Hall–Kier alpha value is -1.43. The highest BCUT2D eigenvalue weighted by atomic mass is 16.5. The van der Waals surface area contributed by atoms with E-state index in [0.717, 1.165) is 12.8 Å². The van der Waals surface area contributed by atoms with Gasteiger partial charge in [0.25, 0.3) is 0 Å². The Labute approximate surface area is 93.8 Å². The summed E-state index contributed by atoms with van der Waals surface area (Å²) in [5, 5.41) is 9.64. The molecular weight excluding hydrogens is 208 g/mol. The lowest BCUT2D eigenvalue weighted by atomic mass is 10.3. The number of nitrogens with one attached hydrogen (secondary N) is 2. The Kier molecular flexibility index (Phi) is 3.19. The van der Waals surface area contributed by atoms with Crippen LogP contribution < -0.4 is 10.6 Å².